The molecule has 0 unspecified atom stereocenters. The summed E-state index contributed by atoms with van der Waals surface area (Å²) in [4.78, 5) is 12.0. The molecule has 0 aliphatic carbocycles. The molecule has 3 rings (SSSR count). The molecule has 3 aromatic rings. The number of fused-ring (bicyclic) bond motifs is 1. The molecule has 1 N–H and O–H groups in total. The Morgan fingerprint density at radius 1 is 1.07 bits per heavy atom. The first-order valence-corrected chi connectivity index (χ1v) is 9.25. The highest BCUT2D eigenvalue weighted by molar-refractivity contribution is 9.10. The van der Waals surface area contributed by atoms with Gasteiger partial charge in [-0.3, -0.25) is 4.79 Å². The summed E-state index contributed by atoms with van der Waals surface area (Å²) < 4.78 is 16.8. The van der Waals surface area contributed by atoms with Gasteiger partial charge in [0.15, 0.2) is 18.1 Å². The first-order chi connectivity index (χ1) is 13.6. The zero-order valence-corrected chi connectivity index (χ0v) is 17.0. The second-order valence-electron chi connectivity index (χ2n) is 5.83. The summed E-state index contributed by atoms with van der Waals surface area (Å²) in [5, 5.41) is 6.12. The van der Waals surface area contributed by atoms with Crippen LogP contribution in [0.2, 0.25) is 0 Å². The van der Waals surface area contributed by atoms with E-state index in [4.69, 9.17) is 14.2 Å². The predicted molar refractivity (Wildman–Crippen MR) is 112 cm³/mol. The number of methoxy groups -OCH3 is 2. The number of ether oxygens (including phenoxy) is 3. The van der Waals surface area contributed by atoms with Crippen LogP contribution in [-0.4, -0.2) is 32.9 Å². The number of hydrogen-bond acceptors (Lipinski definition) is 5. The Balaban J connectivity index is 1.57. The molecule has 0 radical (unpaired) electrons. The van der Waals surface area contributed by atoms with Gasteiger partial charge in [-0.05, 0) is 56.5 Å². The van der Waals surface area contributed by atoms with Gasteiger partial charge in [-0.25, -0.2) is 5.43 Å². The van der Waals surface area contributed by atoms with Crippen molar-refractivity contribution in [1.29, 1.82) is 0 Å². The fourth-order valence-corrected chi connectivity index (χ4v) is 3.25. The molecule has 0 atom stereocenters. The van der Waals surface area contributed by atoms with Crippen LogP contribution in [0.1, 0.15) is 5.56 Å². The fourth-order valence-electron chi connectivity index (χ4n) is 2.63. The van der Waals surface area contributed by atoms with Crippen LogP contribution in [0.4, 0.5) is 0 Å². The molecular weight excluding hydrogens is 424 g/mol. The molecule has 144 valence electrons. The molecule has 0 saturated carbocycles. The average molecular weight is 443 g/mol. The van der Waals surface area contributed by atoms with Crippen molar-refractivity contribution in [2.45, 2.75) is 0 Å². The zero-order chi connectivity index (χ0) is 19.9. The minimum atomic E-state index is -0.357. The number of nitrogens with zero attached hydrogens (tertiary/aromatic N) is 1. The number of rotatable bonds is 7. The lowest BCUT2D eigenvalue weighted by Crippen LogP contribution is -2.24. The third-order valence-corrected chi connectivity index (χ3v) is 4.54. The molecule has 0 aliphatic heterocycles. The number of halogens is 1. The standard InChI is InChI=1S/C21H19BrN2O4/c1-26-19-10-14(9-18(22)21(19)27-2)12-23-24-20(25)13-28-17-8-7-15-5-3-4-6-16(15)11-17/h3-12H,13H2,1-2H3,(H,24,25). The van der Waals surface area contributed by atoms with E-state index in [1.165, 1.54) is 6.21 Å². The maximum absolute atomic E-state index is 12.0. The lowest BCUT2D eigenvalue weighted by Gasteiger charge is -2.10. The first kappa shape index (κ1) is 19.7. The largest absolute Gasteiger partial charge is 0.493 e. The summed E-state index contributed by atoms with van der Waals surface area (Å²) in [6.07, 6.45) is 1.51. The van der Waals surface area contributed by atoms with E-state index < -0.39 is 0 Å². The summed E-state index contributed by atoms with van der Waals surface area (Å²) >= 11 is 3.41. The Bertz CT molecular complexity index is 1020. The van der Waals surface area contributed by atoms with Crippen molar-refractivity contribution >= 4 is 38.8 Å². The number of amides is 1. The van der Waals surface area contributed by atoms with Crippen LogP contribution in [0.5, 0.6) is 17.2 Å². The summed E-state index contributed by atoms with van der Waals surface area (Å²) in [7, 11) is 3.11. The maximum atomic E-state index is 12.0. The van der Waals surface area contributed by atoms with Crippen LogP contribution in [0.15, 0.2) is 64.2 Å². The lowest BCUT2D eigenvalue weighted by atomic mass is 10.1. The highest BCUT2D eigenvalue weighted by atomic mass is 79.9. The van der Waals surface area contributed by atoms with Gasteiger partial charge in [0.05, 0.1) is 24.9 Å². The van der Waals surface area contributed by atoms with Crippen molar-refractivity contribution in [3.05, 3.63) is 64.6 Å². The monoisotopic (exact) mass is 442 g/mol. The Hall–Kier alpha value is -3.06. The SMILES string of the molecule is COc1cc(C=NNC(=O)COc2ccc3ccccc3c2)cc(Br)c1OC. The topological polar surface area (TPSA) is 69.2 Å². The van der Waals surface area contributed by atoms with Crippen LogP contribution in [-0.2, 0) is 4.79 Å². The Kier molecular flexibility index (Phi) is 6.49. The quantitative estimate of drug-likeness (QED) is 0.440. The van der Waals surface area contributed by atoms with Crippen molar-refractivity contribution in [1.82, 2.24) is 5.43 Å². The fraction of sp³-hybridized carbons (Fsp3) is 0.143. The van der Waals surface area contributed by atoms with E-state index in [-0.39, 0.29) is 12.5 Å². The van der Waals surface area contributed by atoms with E-state index >= 15 is 0 Å². The molecule has 0 spiro atoms. The summed E-state index contributed by atoms with van der Waals surface area (Å²) in [6, 6.07) is 17.2. The van der Waals surface area contributed by atoms with Crippen LogP contribution in [0.25, 0.3) is 10.8 Å². The summed E-state index contributed by atoms with van der Waals surface area (Å²) in [6.45, 7) is -0.134. The van der Waals surface area contributed by atoms with E-state index in [0.717, 1.165) is 20.8 Å². The molecule has 0 fully saturated rings. The number of hydrazone groups is 1. The third kappa shape index (κ3) is 4.80. The molecule has 0 aliphatic rings. The van der Waals surface area contributed by atoms with Gasteiger partial charge >= 0.3 is 0 Å². The van der Waals surface area contributed by atoms with Crippen LogP contribution in [0.3, 0.4) is 0 Å². The van der Waals surface area contributed by atoms with Gasteiger partial charge in [0.25, 0.3) is 5.91 Å². The number of hydrogen-bond donors (Lipinski definition) is 1. The van der Waals surface area contributed by atoms with Crippen molar-refractivity contribution in [2.24, 2.45) is 5.10 Å². The number of carbonyl (C=O) groups is 1. The summed E-state index contributed by atoms with van der Waals surface area (Å²) in [5.41, 5.74) is 3.18. The molecule has 3 aromatic carbocycles. The molecule has 0 aromatic heterocycles. The average Bonchev–Trinajstić information content (AvgIpc) is 2.71. The van der Waals surface area contributed by atoms with Crippen molar-refractivity contribution in [3.63, 3.8) is 0 Å². The maximum Gasteiger partial charge on any atom is 0.277 e. The highest BCUT2D eigenvalue weighted by Gasteiger charge is 2.09. The lowest BCUT2D eigenvalue weighted by molar-refractivity contribution is -0.123. The third-order valence-electron chi connectivity index (χ3n) is 3.95. The van der Waals surface area contributed by atoms with Gasteiger partial charge in [0.1, 0.15) is 5.75 Å². The van der Waals surface area contributed by atoms with Crippen LogP contribution in [0, 0.1) is 0 Å². The molecule has 1 amide bonds. The molecule has 0 bridgehead atoms. The molecule has 7 heteroatoms. The summed E-state index contributed by atoms with van der Waals surface area (Å²) in [5.74, 6) is 1.42. The zero-order valence-electron chi connectivity index (χ0n) is 15.4. The smallest absolute Gasteiger partial charge is 0.277 e. The van der Waals surface area contributed by atoms with Gasteiger partial charge in [-0.2, -0.15) is 5.10 Å². The number of nitrogens with one attached hydrogen (secondary N) is 1. The van der Waals surface area contributed by atoms with Crippen LogP contribution < -0.4 is 19.6 Å². The second kappa shape index (κ2) is 9.23. The minimum Gasteiger partial charge on any atom is -0.493 e. The van der Waals surface area contributed by atoms with Crippen molar-refractivity contribution < 1.29 is 19.0 Å². The van der Waals surface area contributed by atoms with Gasteiger partial charge in [-0.15, -0.1) is 0 Å². The number of carbonyl (C=O) groups excluding carboxylic acids is 1. The van der Waals surface area contributed by atoms with E-state index in [2.05, 4.69) is 26.5 Å². The van der Waals surface area contributed by atoms with Crippen molar-refractivity contribution in [3.8, 4) is 17.2 Å². The number of benzene rings is 3. The van der Waals surface area contributed by atoms with Gasteiger partial charge in [0, 0.05) is 0 Å². The van der Waals surface area contributed by atoms with Gasteiger partial charge < -0.3 is 14.2 Å². The van der Waals surface area contributed by atoms with E-state index in [9.17, 15) is 4.79 Å². The second-order valence-corrected chi connectivity index (χ2v) is 6.68. The van der Waals surface area contributed by atoms with E-state index in [1.807, 2.05) is 48.5 Å². The van der Waals surface area contributed by atoms with E-state index in [0.29, 0.717) is 17.2 Å². The molecular formula is C21H19BrN2O4. The Labute approximate surface area is 171 Å². The predicted octanol–water partition coefficient (Wildman–Crippen LogP) is 4.15. The van der Waals surface area contributed by atoms with Crippen LogP contribution >= 0.6 is 15.9 Å². The molecule has 6 nitrogen and oxygen atoms in total. The molecule has 0 saturated heterocycles. The van der Waals surface area contributed by atoms with Gasteiger partial charge in [-0.1, -0.05) is 30.3 Å². The minimum absolute atomic E-state index is 0.134. The Morgan fingerprint density at radius 2 is 1.86 bits per heavy atom. The normalized spacial score (nSPS) is 10.8. The van der Waals surface area contributed by atoms with Crippen molar-refractivity contribution in [2.75, 3.05) is 20.8 Å². The Morgan fingerprint density at radius 3 is 2.61 bits per heavy atom. The molecule has 28 heavy (non-hydrogen) atoms. The molecule has 0 heterocycles. The first-order valence-electron chi connectivity index (χ1n) is 8.45. The van der Waals surface area contributed by atoms with E-state index in [1.54, 1.807) is 20.3 Å². The highest BCUT2D eigenvalue weighted by Crippen LogP contribution is 2.35. The van der Waals surface area contributed by atoms with Gasteiger partial charge in [0.2, 0.25) is 0 Å².